The summed E-state index contributed by atoms with van der Waals surface area (Å²) >= 11 is 18.0. The van der Waals surface area contributed by atoms with Gasteiger partial charge in [-0.1, -0.05) is 39.9 Å². The number of hydrogen-bond acceptors (Lipinski definition) is 30. The minimum absolute atomic E-state index is 0.823. The normalized spacial score (nSPS) is 33.7. The van der Waals surface area contributed by atoms with E-state index >= 15 is 0 Å². The number of esters is 10. The molecule has 4 aliphatic heterocycles. The topological polar surface area (TPSA) is 409 Å². The molecule has 9 unspecified atom stereocenters. The molecule has 4 fully saturated rings. The average Bonchev–Trinajstić information content (AvgIpc) is 3.37. The largest absolute Gasteiger partial charge is 0.463 e. The standard InChI is InChI=1S/C46H61Cl3N4O28/c1-15-30(68-19(5)56)35(71-22(8)59)38(74-25(11)62)42(66-15)79-34-29(52-53-51)41(81-45(50)46(47,48)49)76-27(13-64-17(3)54)32(34)78-44-40(37(73-24(10)61)33(70-21(7)58)28(77-44)14-65-18(4)55)80-43-39(75-26(12)63)36(72-23(9)60)31(16(2)67-43)69-20(6)57/h15-16,27-44,50H,13-14H2,1-12H3/t15?,16?,27?,28?,29?,30-,31-,32-,33+,34-,35?,36?,37+,38-,39+,40?,41+,42+,43?,44+/m1/s1. The van der Waals surface area contributed by atoms with Gasteiger partial charge in [-0.15, -0.1) is 0 Å². The first-order chi connectivity index (χ1) is 37.7. The van der Waals surface area contributed by atoms with E-state index in [-0.39, 0.29) is 0 Å². The van der Waals surface area contributed by atoms with Crippen LogP contribution in [0.15, 0.2) is 5.11 Å². The van der Waals surface area contributed by atoms with Crippen molar-refractivity contribution >= 4 is 100 Å². The number of ether oxygens (including phenoxy) is 18. The summed E-state index contributed by atoms with van der Waals surface area (Å²) in [6, 6.07) is -2.06. The Labute approximate surface area is 476 Å². The second kappa shape index (κ2) is 29.9. The highest BCUT2D eigenvalue weighted by Crippen LogP contribution is 2.41. The molecule has 4 heterocycles. The Kier molecular flexibility index (Phi) is 24.9. The van der Waals surface area contributed by atoms with Crippen molar-refractivity contribution in [3.8, 4) is 0 Å². The number of halogens is 3. The lowest BCUT2D eigenvalue weighted by Gasteiger charge is -2.51. The van der Waals surface area contributed by atoms with E-state index in [0.717, 1.165) is 69.2 Å². The molecular weight excluding hydrogens is 1160 g/mol. The third-order valence-corrected chi connectivity index (χ3v) is 12.0. The van der Waals surface area contributed by atoms with Crippen LogP contribution < -0.4 is 0 Å². The van der Waals surface area contributed by atoms with E-state index in [0.29, 0.717) is 0 Å². The summed E-state index contributed by atoms with van der Waals surface area (Å²) in [4.78, 5) is 130. The van der Waals surface area contributed by atoms with E-state index in [1.807, 2.05) is 0 Å². The van der Waals surface area contributed by atoms with Gasteiger partial charge >= 0.3 is 59.7 Å². The van der Waals surface area contributed by atoms with Crippen molar-refractivity contribution in [2.45, 2.75) is 210 Å². The minimum Gasteiger partial charge on any atom is -0.463 e. The van der Waals surface area contributed by atoms with E-state index in [9.17, 15) is 53.5 Å². The molecule has 0 bridgehead atoms. The third-order valence-electron chi connectivity index (χ3n) is 11.5. The summed E-state index contributed by atoms with van der Waals surface area (Å²) in [6.45, 7) is 10.7. The Balaban J connectivity index is 2.11. The Bertz CT molecular complexity index is 2390. The van der Waals surface area contributed by atoms with Gasteiger partial charge in [0.25, 0.3) is 3.79 Å². The second-order valence-corrected chi connectivity index (χ2v) is 20.4. The lowest BCUT2D eigenvalue weighted by Crippen LogP contribution is -2.69. The molecule has 20 atom stereocenters. The van der Waals surface area contributed by atoms with Crippen LogP contribution in [-0.4, -0.2) is 205 Å². The van der Waals surface area contributed by atoms with Crippen molar-refractivity contribution in [3.05, 3.63) is 10.4 Å². The quantitative estimate of drug-likeness (QED) is 0.0265. The second-order valence-electron chi connectivity index (χ2n) is 18.1. The van der Waals surface area contributed by atoms with Crippen LogP contribution in [0.1, 0.15) is 83.1 Å². The van der Waals surface area contributed by atoms with Crippen LogP contribution in [-0.2, 0) is 133 Å². The first-order valence-electron chi connectivity index (χ1n) is 24.3. The van der Waals surface area contributed by atoms with E-state index in [1.165, 1.54) is 13.8 Å². The number of nitrogens with zero attached hydrogens (tertiary/aromatic N) is 3. The number of azide groups is 1. The highest BCUT2D eigenvalue weighted by molar-refractivity contribution is 6.76. The highest BCUT2D eigenvalue weighted by Gasteiger charge is 2.61. The van der Waals surface area contributed by atoms with Crippen molar-refractivity contribution in [1.29, 1.82) is 5.41 Å². The fourth-order valence-corrected chi connectivity index (χ4v) is 8.89. The molecule has 0 aromatic heterocycles. The molecule has 0 saturated carbocycles. The number of carbonyl (C=O) groups is 10. The highest BCUT2D eigenvalue weighted by atomic mass is 35.6. The van der Waals surface area contributed by atoms with Gasteiger partial charge in [-0.05, 0) is 19.4 Å². The smallest absolute Gasteiger partial charge is 0.303 e. The summed E-state index contributed by atoms with van der Waals surface area (Å²) in [5, 5.41) is 12.3. The zero-order valence-electron chi connectivity index (χ0n) is 45.4. The molecule has 0 aliphatic carbocycles. The van der Waals surface area contributed by atoms with Crippen molar-refractivity contribution in [1.82, 2.24) is 0 Å². The lowest BCUT2D eigenvalue weighted by molar-refractivity contribution is -0.390. The van der Waals surface area contributed by atoms with Crippen LogP contribution in [0, 0.1) is 5.41 Å². The molecule has 0 aromatic carbocycles. The molecule has 0 aromatic rings. The van der Waals surface area contributed by atoms with Gasteiger partial charge in [0.05, 0.1) is 12.2 Å². The van der Waals surface area contributed by atoms with Crippen LogP contribution >= 0.6 is 34.8 Å². The van der Waals surface area contributed by atoms with Crippen LogP contribution in [0.5, 0.6) is 0 Å². The first kappa shape index (κ1) is 67.6. The zero-order valence-corrected chi connectivity index (χ0v) is 47.6. The van der Waals surface area contributed by atoms with Gasteiger partial charge in [-0.25, -0.2) is 0 Å². The molecule has 81 heavy (non-hydrogen) atoms. The molecule has 4 aliphatic rings. The molecular formula is C46H61Cl3N4O28. The van der Waals surface area contributed by atoms with E-state index in [1.54, 1.807) is 0 Å². The van der Waals surface area contributed by atoms with E-state index < -0.39 is 205 Å². The monoisotopic (exact) mass is 1220 g/mol. The van der Waals surface area contributed by atoms with Crippen LogP contribution in [0.3, 0.4) is 0 Å². The van der Waals surface area contributed by atoms with Crippen molar-refractivity contribution in [2.75, 3.05) is 13.2 Å². The SMILES string of the molecule is CC(=O)OCC1O[C@@H](OC(=N)C(Cl)(Cl)Cl)C(N=[N+]=[N-])[C@@H](O[C@@H]2OC(C)[C@@H](OC(C)=O)C(OC(C)=O)[C@H]2OC(C)=O)[C@@H]1O[C@@H]1OC(COC(C)=O)[C@H](OC(C)=O)[C@H](OC(C)=O)C1OC1OC(C)[C@@H](OC(C)=O)C(OC(C)=O)[C@@H]1OC(C)=O. The molecule has 0 amide bonds. The molecule has 0 spiro atoms. The molecule has 32 nitrogen and oxygen atoms in total. The summed E-state index contributed by atoms with van der Waals surface area (Å²) < 4.78 is 103. The third kappa shape index (κ3) is 19.3. The zero-order chi connectivity index (χ0) is 61.0. The summed E-state index contributed by atoms with van der Waals surface area (Å²) in [5.41, 5.74) is 10.2. The molecule has 4 rings (SSSR count). The summed E-state index contributed by atoms with van der Waals surface area (Å²) in [6.07, 6.45) is -35.3. The van der Waals surface area contributed by atoms with Crippen molar-refractivity contribution in [2.24, 2.45) is 5.11 Å². The maximum atomic E-state index is 13.2. The van der Waals surface area contributed by atoms with Crippen LogP contribution in [0.25, 0.3) is 10.4 Å². The number of carbonyl (C=O) groups excluding carboxylic acids is 10. The molecule has 454 valence electrons. The maximum Gasteiger partial charge on any atom is 0.303 e. The first-order valence-corrected chi connectivity index (χ1v) is 25.4. The fraction of sp³-hybridized carbons (Fsp3) is 0.761. The van der Waals surface area contributed by atoms with Gasteiger partial charge in [0, 0.05) is 74.1 Å². The van der Waals surface area contributed by atoms with Gasteiger partial charge in [0.2, 0.25) is 12.2 Å². The molecule has 4 saturated heterocycles. The predicted molar refractivity (Wildman–Crippen MR) is 260 cm³/mol. The minimum atomic E-state index is -2.65. The average molecular weight is 1220 g/mol. The Morgan fingerprint density at radius 1 is 0.420 bits per heavy atom. The molecule has 35 heteroatoms. The summed E-state index contributed by atoms with van der Waals surface area (Å²) in [7, 11) is 0. The number of nitrogens with one attached hydrogen (secondary N) is 1. The van der Waals surface area contributed by atoms with Crippen molar-refractivity contribution < 1.29 is 133 Å². The predicted octanol–water partition coefficient (Wildman–Crippen LogP) is 1.70. The van der Waals surface area contributed by atoms with Crippen LogP contribution in [0.2, 0.25) is 0 Å². The molecule has 0 radical (unpaired) electrons. The van der Waals surface area contributed by atoms with Gasteiger partial charge in [-0.3, -0.25) is 53.4 Å². The Morgan fingerprint density at radius 3 is 1.10 bits per heavy atom. The van der Waals surface area contributed by atoms with Gasteiger partial charge in [0.15, 0.2) is 73.8 Å². The summed E-state index contributed by atoms with van der Waals surface area (Å²) in [5.74, 6) is -11.1. The van der Waals surface area contributed by atoms with Gasteiger partial charge < -0.3 is 85.3 Å². The molecule has 1 N–H and O–H groups in total. The van der Waals surface area contributed by atoms with Crippen molar-refractivity contribution in [3.63, 3.8) is 0 Å². The lowest BCUT2D eigenvalue weighted by atomic mass is 9.94. The number of alkyl halides is 3. The number of hydrogen-bond donors (Lipinski definition) is 1. The van der Waals surface area contributed by atoms with E-state index in [2.05, 4.69) is 10.0 Å². The van der Waals surface area contributed by atoms with Gasteiger partial charge in [0.1, 0.15) is 43.7 Å². The Hall–Kier alpha value is -5.93. The fourth-order valence-electron chi connectivity index (χ4n) is 8.76. The van der Waals surface area contributed by atoms with Gasteiger partial charge in [-0.2, -0.15) is 0 Å². The number of rotatable bonds is 20. The van der Waals surface area contributed by atoms with Crippen LogP contribution in [0.4, 0.5) is 0 Å². The maximum absolute atomic E-state index is 13.2. The van der Waals surface area contributed by atoms with E-state index in [4.69, 9.17) is 125 Å². The Morgan fingerprint density at radius 2 is 0.728 bits per heavy atom.